The second-order valence-corrected chi connectivity index (χ2v) is 5.18. The number of ether oxygens (including phenoxy) is 1. The van der Waals surface area contributed by atoms with E-state index in [1.807, 2.05) is 0 Å². The summed E-state index contributed by atoms with van der Waals surface area (Å²) in [5.41, 5.74) is 7.79. The third-order valence-corrected chi connectivity index (χ3v) is 2.14. The van der Waals surface area contributed by atoms with E-state index in [4.69, 9.17) is 16.3 Å². The number of nitrogens with one attached hydrogen (secondary N) is 3. The number of carbonyl (C=O) groups is 2. The van der Waals surface area contributed by atoms with E-state index in [1.165, 1.54) is 6.07 Å². The van der Waals surface area contributed by atoms with Crippen LogP contribution in [0.1, 0.15) is 20.8 Å². The molecule has 1 heterocycles. The van der Waals surface area contributed by atoms with Gasteiger partial charge in [0.25, 0.3) is 0 Å². The van der Waals surface area contributed by atoms with Crippen LogP contribution in [-0.2, 0) is 9.53 Å². The lowest BCUT2D eigenvalue weighted by Gasteiger charge is -2.19. The number of alkyl carbamates (subject to hydrolysis) is 1. The van der Waals surface area contributed by atoms with Gasteiger partial charge in [-0.1, -0.05) is 0 Å². The first-order chi connectivity index (χ1) is 9.71. The lowest BCUT2D eigenvalue weighted by molar-refractivity contribution is -0.115. The van der Waals surface area contributed by atoms with Crippen LogP contribution in [0.25, 0.3) is 0 Å². The maximum Gasteiger partial charge on any atom is 0.408 e. The molecule has 0 bridgehead atoms. The summed E-state index contributed by atoms with van der Waals surface area (Å²) in [7, 11) is 0. The number of hydrazine groups is 1. The summed E-state index contributed by atoms with van der Waals surface area (Å²) in [5.74, 6) is 5.16. The van der Waals surface area contributed by atoms with Crippen LogP contribution < -0.4 is 27.6 Å². The maximum atomic E-state index is 11.6. The van der Waals surface area contributed by atoms with Gasteiger partial charge in [0.05, 0.1) is 5.69 Å². The average molecular weight is 296 g/mol. The monoisotopic (exact) mass is 296 g/mol. The van der Waals surface area contributed by atoms with Gasteiger partial charge in [-0.25, -0.2) is 9.78 Å². The predicted molar refractivity (Wildman–Crippen MR) is 79.3 cm³/mol. The fourth-order valence-electron chi connectivity index (χ4n) is 1.32. The number of amides is 2. The minimum absolute atomic E-state index is 0.149. The normalized spacial score (nSPS) is 10.7. The van der Waals surface area contributed by atoms with Crippen molar-refractivity contribution in [1.82, 2.24) is 10.3 Å². The maximum absolute atomic E-state index is 11.6. The SMILES string of the molecule is CC(C)(C)OC(=O)NCC(=O)Nc1ccc(NN)c(N)n1. The summed E-state index contributed by atoms with van der Waals surface area (Å²) >= 11 is 0. The lowest BCUT2D eigenvalue weighted by Crippen LogP contribution is -2.37. The van der Waals surface area contributed by atoms with Crippen molar-refractivity contribution < 1.29 is 14.3 Å². The fourth-order valence-corrected chi connectivity index (χ4v) is 1.32. The molecule has 0 unspecified atom stereocenters. The minimum Gasteiger partial charge on any atom is -0.444 e. The number of anilines is 3. The number of carbonyl (C=O) groups excluding carboxylic acids is 2. The number of hydrogen-bond acceptors (Lipinski definition) is 7. The zero-order chi connectivity index (χ0) is 16.0. The topological polar surface area (TPSA) is 144 Å². The second kappa shape index (κ2) is 6.75. The molecule has 0 radical (unpaired) electrons. The van der Waals surface area contributed by atoms with Crippen LogP contribution in [0.2, 0.25) is 0 Å². The zero-order valence-electron chi connectivity index (χ0n) is 12.2. The summed E-state index contributed by atoms with van der Waals surface area (Å²) in [5, 5.41) is 4.82. The standard InChI is InChI=1S/C12H20N6O3/c1-12(2,3)21-11(20)15-6-9(19)16-8-5-4-7(18-14)10(13)17-8/h4-5,18H,6,14H2,1-3H3,(H,15,20)(H3,13,16,17,19). The number of nitrogens with two attached hydrogens (primary N) is 2. The Morgan fingerprint density at radius 1 is 1.33 bits per heavy atom. The van der Waals surface area contributed by atoms with Gasteiger partial charge in [0, 0.05) is 0 Å². The molecule has 9 nitrogen and oxygen atoms in total. The minimum atomic E-state index is -0.673. The molecule has 7 N–H and O–H groups in total. The largest absolute Gasteiger partial charge is 0.444 e. The second-order valence-electron chi connectivity index (χ2n) is 5.18. The van der Waals surface area contributed by atoms with Gasteiger partial charge in [-0.15, -0.1) is 0 Å². The van der Waals surface area contributed by atoms with E-state index in [0.717, 1.165) is 0 Å². The van der Waals surface area contributed by atoms with Crippen LogP contribution in [0.15, 0.2) is 12.1 Å². The van der Waals surface area contributed by atoms with Gasteiger partial charge >= 0.3 is 6.09 Å². The average Bonchev–Trinajstić information content (AvgIpc) is 2.34. The quantitative estimate of drug-likeness (QED) is 0.400. The van der Waals surface area contributed by atoms with Crippen molar-refractivity contribution in [2.24, 2.45) is 5.84 Å². The summed E-state index contributed by atoms with van der Waals surface area (Å²) in [6.45, 7) is 4.94. The molecule has 0 fully saturated rings. The van der Waals surface area contributed by atoms with Gasteiger partial charge < -0.3 is 26.5 Å². The highest BCUT2D eigenvalue weighted by Gasteiger charge is 2.16. The third kappa shape index (κ3) is 5.95. The number of nitrogens with zero attached hydrogens (tertiary/aromatic N) is 1. The number of nitrogen functional groups attached to an aromatic ring is 2. The van der Waals surface area contributed by atoms with Crippen LogP contribution in [0, 0.1) is 0 Å². The first kappa shape index (κ1) is 16.5. The van der Waals surface area contributed by atoms with Crippen molar-refractivity contribution in [3.63, 3.8) is 0 Å². The molecule has 0 aliphatic carbocycles. The van der Waals surface area contributed by atoms with Crippen LogP contribution >= 0.6 is 0 Å². The van der Waals surface area contributed by atoms with E-state index >= 15 is 0 Å². The van der Waals surface area contributed by atoms with Gasteiger partial charge in [-0.2, -0.15) is 0 Å². The predicted octanol–water partition coefficient (Wildman–Crippen LogP) is 0.413. The Morgan fingerprint density at radius 3 is 2.52 bits per heavy atom. The Bertz CT molecular complexity index is 526. The smallest absolute Gasteiger partial charge is 0.408 e. The number of aromatic nitrogens is 1. The summed E-state index contributed by atoms with van der Waals surface area (Å²) in [4.78, 5) is 27.0. The van der Waals surface area contributed by atoms with Gasteiger partial charge in [-0.05, 0) is 32.9 Å². The third-order valence-electron chi connectivity index (χ3n) is 2.14. The van der Waals surface area contributed by atoms with Crippen molar-refractivity contribution in [1.29, 1.82) is 0 Å². The van der Waals surface area contributed by atoms with Crippen LogP contribution in [0.5, 0.6) is 0 Å². The first-order valence-corrected chi connectivity index (χ1v) is 6.21. The molecule has 116 valence electrons. The molecular formula is C12H20N6O3. The number of hydrogen-bond donors (Lipinski definition) is 5. The number of pyridine rings is 1. The molecule has 2 amide bonds. The molecule has 0 aliphatic heterocycles. The van der Waals surface area contributed by atoms with Gasteiger partial charge in [0.2, 0.25) is 5.91 Å². The van der Waals surface area contributed by atoms with E-state index in [9.17, 15) is 9.59 Å². The summed E-state index contributed by atoms with van der Waals surface area (Å²) < 4.78 is 5.00. The molecule has 21 heavy (non-hydrogen) atoms. The molecule has 9 heteroatoms. The molecule has 0 spiro atoms. The van der Waals surface area contributed by atoms with Crippen molar-refractivity contribution in [3.8, 4) is 0 Å². The fraction of sp³-hybridized carbons (Fsp3) is 0.417. The highest BCUT2D eigenvalue weighted by Crippen LogP contribution is 2.16. The van der Waals surface area contributed by atoms with Crippen molar-refractivity contribution in [2.75, 3.05) is 23.0 Å². The Kier molecular flexibility index (Phi) is 5.30. The molecule has 0 atom stereocenters. The van der Waals surface area contributed by atoms with Crippen molar-refractivity contribution >= 4 is 29.3 Å². The molecule has 0 aliphatic rings. The lowest BCUT2D eigenvalue weighted by atomic mass is 10.2. The van der Waals surface area contributed by atoms with E-state index in [2.05, 4.69) is 21.0 Å². The zero-order valence-corrected chi connectivity index (χ0v) is 12.2. The van der Waals surface area contributed by atoms with Gasteiger partial charge in [0.15, 0.2) is 5.82 Å². The Balaban J connectivity index is 2.47. The van der Waals surface area contributed by atoms with Crippen LogP contribution in [0.3, 0.4) is 0 Å². The summed E-state index contributed by atoms with van der Waals surface area (Å²) in [6.07, 6.45) is -0.673. The van der Waals surface area contributed by atoms with Gasteiger partial charge in [-0.3, -0.25) is 10.6 Å². The molecule has 1 aromatic rings. The highest BCUT2D eigenvalue weighted by molar-refractivity contribution is 5.93. The molecular weight excluding hydrogens is 276 g/mol. The van der Waals surface area contributed by atoms with Crippen molar-refractivity contribution in [2.45, 2.75) is 26.4 Å². The van der Waals surface area contributed by atoms with E-state index in [1.54, 1.807) is 26.8 Å². The van der Waals surface area contributed by atoms with E-state index < -0.39 is 17.6 Å². The molecule has 1 aromatic heterocycles. The molecule has 0 saturated heterocycles. The molecule has 0 saturated carbocycles. The Labute approximate surface area is 122 Å². The Morgan fingerprint density at radius 2 is 2.00 bits per heavy atom. The molecule has 1 rings (SSSR count). The number of rotatable bonds is 4. The van der Waals surface area contributed by atoms with Crippen molar-refractivity contribution in [3.05, 3.63) is 12.1 Å². The van der Waals surface area contributed by atoms with E-state index in [-0.39, 0.29) is 18.2 Å². The van der Waals surface area contributed by atoms with E-state index in [0.29, 0.717) is 5.69 Å². The van der Waals surface area contributed by atoms with Crippen LogP contribution in [0.4, 0.5) is 22.1 Å². The van der Waals surface area contributed by atoms with Crippen LogP contribution in [-0.4, -0.2) is 29.1 Å². The first-order valence-electron chi connectivity index (χ1n) is 6.21. The summed E-state index contributed by atoms with van der Waals surface area (Å²) in [6, 6.07) is 3.09. The van der Waals surface area contributed by atoms with Gasteiger partial charge in [0.1, 0.15) is 18.0 Å². The highest BCUT2D eigenvalue weighted by atomic mass is 16.6. The Hall–Kier alpha value is -2.55. The molecule has 0 aromatic carbocycles.